The first-order valence-electron chi connectivity index (χ1n) is 12.8. The van der Waals surface area contributed by atoms with Crippen LogP contribution in [0.1, 0.15) is 57.2 Å². The van der Waals surface area contributed by atoms with Crippen molar-refractivity contribution in [3.63, 3.8) is 0 Å². The molecular weight excluding hydrogens is 460 g/mol. The molecule has 0 atom stereocenters. The van der Waals surface area contributed by atoms with Gasteiger partial charge in [-0.15, -0.1) is 23.5 Å². The Hall–Kier alpha value is -2.16. The standard InChI is InChI=1S/C33H34S2/c1-21-26(24-9-11-30-28(19-24)32(2,3)13-15-34-30)17-22-7-6-8-23(22)18-27(21)25-10-12-31-29(20-25)33(4,5)14-16-35-31/h6-12,17-20H,13-16H2,1-5H3. The maximum atomic E-state index is 2.48. The second-order valence-corrected chi connectivity index (χ2v) is 13.8. The molecule has 4 aliphatic rings. The van der Waals surface area contributed by atoms with Crippen molar-refractivity contribution in [1.29, 1.82) is 0 Å². The van der Waals surface area contributed by atoms with Gasteiger partial charge in [0.05, 0.1) is 0 Å². The van der Waals surface area contributed by atoms with Gasteiger partial charge in [-0.05, 0) is 129 Å². The molecule has 2 heterocycles. The molecule has 0 unspecified atom stereocenters. The predicted octanol–water partition coefficient (Wildman–Crippen LogP) is 9.98. The number of thioether (sulfide) groups is 2. The smallest absolute Gasteiger partial charge is 0.0110 e. The first-order valence-corrected chi connectivity index (χ1v) is 14.8. The van der Waals surface area contributed by atoms with Crippen molar-refractivity contribution in [2.75, 3.05) is 11.5 Å². The predicted molar refractivity (Wildman–Crippen MR) is 155 cm³/mol. The van der Waals surface area contributed by atoms with E-state index in [9.17, 15) is 0 Å². The molecule has 0 N–H and O–H groups in total. The lowest BCUT2D eigenvalue weighted by Crippen LogP contribution is -2.22. The van der Waals surface area contributed by atoms with Gasteiger partial charge in [-0.3, -0.25) is 0 Å². The Morgan fingerprint density at radius 3 is 1.49 bits per heavy atom. The van der Waals surface area contributed by atoms with E-state index in [1.54, 1.807) is 0 Å². The highest BCUT2D eigenvalue weighted by atomic mass is 32.2. The number of rotatable bonds is 2. The van der Waals surface area contributed by atoms with Crippen LogP contribution >= 0.6 is 23.5 Å². The van der Waals surface area contributed by atoms with Gasteiger partial charge in [0.15, 0.2) is 0 Å². The van der Waals surface area contributed by atoms with Crippen LogP contribution in [-0.4, -0.2) is 11.5 Å². The van der Waals surface area contributed by atoms with Crippen LogP contribution in [-0.2, 0) is 10.8 Å². The summed E-state index contributed by atoms with van der Waals surface area (Å²) >= 11 is 4.02. The maximum Gasteiger partial charge on any atom is 0.0110 e. The molecule has 0 spiro atoms. The molecule has 0 nitrogen and oxygen atoms in total. The molecule has 0 aromatic heterocycles. The SMILES string of the molecule is Cc1c(-c2ccc3c(c2)C(C)(C)CCS3)cc2cccc-2cc1-c1ccc2c(c1)C(C)(C)CCS2. The molecule has 0 saturated heterocycles. The minimum atomic E-state index is 0.224. The summed E-state index contributed by atoms with van der Waals surface area (Å²) in [4.78, 5) is 2.91. The van der Waals surface area contributed by atoms with Crippen LogP contribution in [0.25, 0.3) is 33.4 Å². The normalized spacial score (nSPS) is 18.2. The van der Waals surface area contributed by atoms with Crippen LogP contribution in [0.3, 0.4) is 0 Å². The Labute approximate surface area is 219 Å². The highest BCUT2D eigenvalue weighted by molar-refractivity contribution is 7.99. The first kappa shape index (κ1) is 23.3. The summed E-state index contributed by atoms with van der Waals surface area (Å²) in [5.41, 5.74) is 12.8. The molecule has 2 aromatic rings. The third-order valence-electron chi connectivity index (χ3n) is 8.30. The van der Waals surface area contributed by atoms with Crippen LogP contribution in [0.2, 0.25) is 0 Å². The Morgan fingerprint density at radius 2 is 1.03 bits per heavy atom. The van der Waals surface area contributed by atoms with Crippen molar-refractivity contribution in [2.45, 2.75) is 68.1 Å². The lowest BCUT2D eigenvalue weighted by Gasteiger charge is -2.32. The zero-order valence-corrected chi connectivity index (χ0v) is 23.1. The Kier molecular flexibility index (Phi) is 5.62. The van der Waals surface area contributed by atoms with E-state index < -0.39 is 0 Å². The van der Waals surface area contributed by atoms with E-state index in [4.69, 9.17) is 0 Å². The van der Waals surface area contributed by atoms with E-state index in [0.29, 0.717) is 0 Å². The number of hydrogen-bond donors (Lipinski definition) is 0. The molecule has 178 valence electrons. The largest absolute Gasteiger partial charge is 0.126 e. The second-order valence-electron chi connectivity index (χ2n) is 11.6. The summed E-state index contributed by atoms with van der Waals surface area (Å²) in [5.74, 6) is 2.42. The lowest BCUT2D eigenvalue weighted by atomic mass is 9.80. The Morgan fingerprint density at radius 1 is 0.571 bits per heavy atom. The molecule has 2 aliphatic carbocycles. The molecule has 0 amide bonds. The molecule has 35 heavy (non-hydrogen) atoms. The van der Waals surface area contributed by atoms with Crippen molar-refractivity contribution in [2.24, 2.45) is 0 Å². The summed E-state index contributed by atoms with van der Waals surface area (Å²) < 4.78 is 0. The van der Waals surface area contributed by atoms with Gasteiger partial charge in [-0.2, -0.15) is 0 Å². The van der Waals surface area contributed by atoms with Gasteiger partial charge >= 0.3 is 0 Å². The van der Waals surface area contributed by atoms with E-state index in [-0.39, 0.29) is 10.8 Å². The average molecular weight is 495 g/mol. The minimum absolute atomic E-state index is 0.224. The average Bonchev–Trinajstić information content (AvgIpc) is 3.21. The lowest BCUT2D eigenvalue weighted by molar-refractivity contribution is 0.494. The van der Waals surface area contributed by atoms with E-state index in [1.807, 2.05) is 23.5 Å². The van der Waals surface area contributed by atoms with Crippen LogP contribution in [0.15, 0.2) is 76.5 Å². The van der Waals surface area contributed by atoms with Crippen LogP contribution in [0, 0.1) is 6.92 Å². The third kappa shape index (κ3) is 4.03. The van der Waals surface area contributed by atoms with Crippen LogP contribution < -0.4 is 0 Å². The summed E-state index contributed by atoms with van der Waals surface area (Å²) in [6.45, 7) is 11.9. The number of hydrogen-bond acceptors (Lipinski definition) is 2. The van der Waals surface area contributed by atoms with Gasteiger partial charge in [0.2, 0.25) is 0 Å². The zero-order valence-electron chi connectivity index (χ0n) is 21.5. The van der Waals surface area contributed by atoms with E-state index in [0.717, 1.165) is 0 Å². The van der Waals surface area contributed by atoms with Gasteiger partial charge < -0.3 is 0 Å². The summed E-state index contributed by atoms with van der Waals surface area (Å²) in [7, 11) is 0. The first-order chi connectivity index (χ1) is 16.7. The summed E-state index contributed by atoms with van der Waals surface area (Å²) in [6.07, 6.45) is 2.47. The van der Waals surface area contributed by atoms with Gasteiger partial charge in [-0.25, -0.2) is 0 Å². The molecule has 6 rings (SSSR count). The van der Waals surface area contributed by atoms with Crippen LogP contribution in [0.5, 0.6) is 0 Å². The molecule has 2 aromatic carbocycles. The maximum absolute atomic E-state index is 2.48. The highest BCUT2D eigenvalue weighted by Crippen LogP contribution is 2.46. The fraction of sp³-hybridized carbons (Fsp3) is 0.333. The van der Waals surface area contributed by atoms with Gasteiger partial charge in [0, 0.05) is 9.79 Å². The van der Waals surface area contributed by atoms with Crippen molar-refractivity contribution in [1.82, 2.24) is 0 Å². The Bertz CT molecular complexity index is 1300. The van der Waals surface area contributed by atoms with Gasteiger partial charge in [0.1, 0.15) is 0 Å². The van der Waals surface area contributed by atoms with Crippen molar-refractivity contribution >= 4 is 23.5 Å². The molecule has 2 aliphatic heterocycles. The molecule has 0 saturated carbocycles. The second kappa shape index (κ2) is 8.46. The van der Waals surface area contributed by atoms with Gasteiger partial charge in [-0.1, -0.05) is 58.0 Å². The zero-order chi connectivity index (χ0) is 24.4. The fourth-order valence-electron chi connectivity index (χ4n) is 5.79. The van der Waals surface area contributed by atoms with Crippen LogP contribution in [0.4, 0.5) is 0 Å². The molecule has 0 fully saturated rings. The monoisotopic (exact) mass is 494 g/mol. The molecule has 0 bridgehead atoms. The van der Waals surface area contributed by atoms with E-state index in [2.05, 4.69) is 101 Å². The Balaban J connectivity index is 1.57. The number of benzene rings is 2. The molecular formula is C33H34S2. The van der Waals surface area contributed by atoms with Crippen molar-refractivity contribution in [3.8, 4) is 33.4 Å². The molecule has 0 radical (unpaired) electrons. The minimum Gasteiger partial charge on any atom is -0.126 e. The third-order valence-corrected chi connectivity index (χ3v) is 10.5. The molecule has 2 heteroatoms. The quantitative estimate of drug-likeness (QED) is 0.272. The topological polar surface area (TPSA) is 0 Å². The fourth-order valence-corrected chi connectivity index (χ4v) is 8.76. The van der Waals surface area contributed by atoms with Crippen molar-refractivity contribution in [3.05, 3.63) is 83.4 Å². The van der Waals surface area contributed by atoms with Gasteiger partial charge in [0.25, 0.3) is 0 Å². The van der Waals surface area contributed by atoms with Crippen molar-refractivity contribution < 1.29 is 0 Å². The van der Waals surface area contributed by atoms with E-state index in [1.165, 1.54) is 84.2 Å². The van der Waals surface area contributed by atoms with E-state index >= 15 is 0 Å². The highest BCUT2D eigenvalue weighted by Gasteiger charge is 2.30. The summed E-state index contributed by atoms with van der Waals surface area (Å²) in [6, 6.07) is 25.9. The summed E-state index contributed by atoms with van der Waals surface area (Å²) in [5, 5.41) is 0. The number of fused-ring (bicyclic) bond motifs is 3.